The molecule has 0 aliphatic heterocycles. The van der Waals surface area contributed by atoms with Gasteiger partial charge >= 0.3 is 0 Å². The molecular formula is C19H32NO3+. The van der Waals surface area contributed by atoms with Gasteiger partial charge in [0, 0.05) is 0 Å². The molecule has 3 N–H and O–H groups in total. The monoisotopic (exact) mass is 322 g/mol. The SMILES string of the molecule is Cc1ccc(OCCOC[C@H](O)C[NH2+]C2CCCCC2)cc1C. The lowest BCUT2D eigenvalue weighted by Crippen LogP contribution is -2.92. The minimum absolute atomic E-state index is 0.388. The molecule has 1 aliphatic rings. The molecule has 0 radical (unpaired) electrons. The van der Waals surface area contributed by atoms with Crippen molar-refractivity contribution >= 4 is 0 Å². The van der Waals surface area contributed by atoms with E-state index in [4.69, 9.17) is 9.47 Å². The Bertz CT molecular complexity index is 458. The first kappa shape index (κ1) is 18.2. The molecule has 0 aromatic heterocycles. The van der Waals surface area contributed by atoms with Crippen molar-refractivity contribution in [1.29, 1.82) is 0 Å². The van der Waals surface area contributed by atoms with E-state index in [1.165, 1.54) is 43.2 Å². The average molecular weight is 322 g/mol. The Morgan fingerprint density at radius 3 is 2.65 bits per heavy atom. The van der Waals surface area contributed by atoms with Gasteiger partial charge < -0.3 is 19.9 Å². The molecule has 1 aromatic rings. The normalized spacial score (nSPS) is 17.2. The van der Waals surface area contributed by atoms with Crippen LogP contribution in [-0.2, 0) is 4.74 Å². The molecule has 0 saturated heterocycles. The molecule has 4 heteroatoms. The number of nitrogens with two attached hydrogens (primary N) is 1. The highest BCUT2D eigenvalue weighted by molar-refractivity contribution is 5.33. The smallest absolute Gasteiger partial charge is 0.126 e. The molecule has 0 heterocycles. The average Bonchev–Trinajstić information content (AvgIpc) is 2.57. The summed E-state index contributed by atoms with van der Waals surface area (Å²) in [5.41, 5.74) is 2.50. The Kier molecular flexibility index (Phi) is 7.86. The highest BCUT2D eigenvalue weighted by Gasteiger charge is 2.17. The highest BCUT2D eigenvalue weighted by atomic mass is 16.5. The van der Waals surface area contributed by atoms with E-state index in [1.54, 1.807) is 0 Å². The largest absolute Gasteiger partial charge is 0.491 e. The van der Waals surface area contributed by atoms with E-state index < -0.39 is 6.10 Å². The molecule has 130 valence electrons. The zero-order valence-corrected chi connectivity index (χ0v) is 14.6. The standard InChI is InChI=1S/C19H31NO3/c1-15-8-9-19(12-16(15)2)23-11-10-22-14-18(21)13-20-17-6-4-3-5-7-17/h8-9,12,17-18,20-21H,3-7,10-11,13-14H2,1-2H3/p+1/t18-/m1/s1. The first-order valence-electron chi connectivity index (χ1n) is 8.94. The molecule has 2 rings (SSSR count). The minimum atomic E-state index is -0.390. The van der Waals surface area contributed by atoms with Gasteiger partial charge in [-0.3, -0.25) is 0 Å². The summed E-state index contributed by atoms with van der Waals surface area (Å²) in [5, 5.41) is 12.3. The van der Waals surface area contributed by atoms with Crippen molar-refractivity contribution in [2.24, 2.45) is 0 Å². The Morgan fingerprint density at radius 2 is 1.91 bits per heavy atom. The predicted octanol–water partition coefficient (Wildman–Crippen LogP) is 1.96. The Morgan fingerprint density at radius 1 is 1.13 bits per heavy atom. The zero-order chi connectivity index (χ0) is 16.5. The number of ether oxygens (including phenoxy) is 2. The van der Waals surface area contributed by atoms with Gasteiger partial charge in [-0.1, -0.05) is 12.5 Å². The van der Waals surface area contributed by atoms with Crippen molar-refractivity contribution in [3.05, 3.63) is 29.3 Å². The van der Waals surface area contributed by atoms with Crippen LogP contribution in [0.25, 0.3) is 0 Å². The second kappa shape index (κ2) is 9.91. The molecule has 23 heavy (non-hydrogen) atoms. The molecule has 1 atom stereocenters. The van der Waals surface area contributed by atoms with Gasteiger partial charge in [-0.05, 0) is 62.8 Å². The number of aryl methyl sites for hydroxylation is 2. The number of hydrogen-bond acceptors (Lipinski definition) is 3. The van der Waals surface area contributed by atoms with E-state index in [-0.39, 0.29) is 0 Å². The van der Waals surface area contributed by atoms with Crippen LogP contribution in [0.15, 0.2) is 18.2 Å². The van der Waals surface area contributed by atoms with E-state index in [0.717, 1.165) is 12.3 Å². The maximum absolute atomic E-state index is 9.97. The van der Waals surface area contributed by atoms with Crippen LogP contribution in [-0.4, -0.2) is 43.6 Å². The van der Waals surface area contributed by atoms with Crippen LogP contribution >= 0.6 is 0 Å². The molecule has 4 nitrogen and oxygen atoms in total. The van der Waals surface area contributed by atoms with Gasteiger partial charge in [0.2, 0.25) is 0 Å². The number of aliphatic hydroxyl groups excluding tert-OH is 1. The van der Waals surface area contributed by atoms with Crippen molar-refractivity contribution in [2.45, 2.75) is 58.1 Å². The van der Waals surface area contributed by atoms with Crippen molar-refractivity contribution < 1.29 is 19.9 Å². The van der Waals surface area contributed by atoms with Crippen molar-refractivity contribution in [1.82, 2.24) is 0 Å². The second-order valence-corrected chi connectivity index (χ2v) is 6.69. The number of benzene rings is 1. The fourth-order valence-electron chi connectivity index (χ4n) is 3.03. The van der Waals surface area contributed by atoms with Gasteiger partial charge in [-0.15, -0.1) is 0 Å². The number of rotatable bonds is 9. The van der Waals surface area contributed by atoms with Crippen LogP contribution in [0.1, 0.15) is 43.2 Å². The lowest BCUT2D eigenvalue weighted by atomic mass is 9.95. The van der Waals surface area contributed by atoms with E-state index in [9.17, 15) is 5.11 Å². The number of hydrogen-bond donors (Lipinski definition) is 2. The minimum Gasteiger partial charge on any atom is -0.491 e. The van der Waals surface area contributed by atoms with Crippen LogP contribution in [0.4, 0.5) is 0 Å². The summed E-state index contributed by atoms with van der Waals surface area (Å²) in [7, 11) is 0. The summed E-state index contributed by atoms with van der Waals surface area (Å²) in [6.07, 6.45) is 6.23. The van der Waals surface area contributed by atoms with Gasteiger partial charge in [0.15, 0.2) is 0 Å². The van der Waals surface area contributed by atoms with E-state index in [1.807, 2.05) is 12.1 Å². The lowest BCUT2D eigenvalue weighted by Gasteiger charge is -2.21. The van der Waals surface area contributed by atoms with Gasteiger partial charge in [0.05, 0.1) is 19.3 Å². The van der Waals surface area contributed by atoms with E-state index in [0.29, 0.717) is 25.9 Å². The first-order valence-corrected chi connectivity index (χ1v) is 8.94. The Hall–Kier alpha value is -1.10. The summed E-state index contributed by atoms with van der Waals surface area (Å²) in [5.74, 6) is 0.878. The molecule has 1 aliphatic carbocycles. The topological polar surface area (TPSA) is 55.3 Å². The molecule has 0 spiro atoms. The predicted molar refractivity (Wildman–Crippen MR) is 91.9 cm³/mol. The number of quaternary nitrogens is 1. The van der Waals surface area contributed by atoms with Gasteiger partial charge in [0.1, 0.15) is 25.0 Å². The first-order chi connectivity index (χ1) is 11.1. The van der Waals surface area contributed by atoms with E-state index in [2.05, 4.69) is 25.2 Å². The van der Waals surface area contributed by atoms with Gasteiger partial charge in [-0.2, -0.15) is 0 Å². The summed E-state index contributed by atoms with van der Waals surface area (Å²) >= 11 is 0. The van der Waals surface area contributed by atoms with Crippen molar-refractivity contribution in [3.8, 4) is 5.75 Å². The summed E-state index contributed by atoms with van der Waals surface area (Å²) in [4.78, 5) is 0. The Balaban J connectivity index is 1.51. The lowest BCUT2D eigenvalue weighted by molar-refractivity contribution is -0.697. The zero-order valence-electron chi connectivity index (χ0n) is 14.6. The second-order valence-electron chi connectivity index (χ2n) is 6.69. The van der Waals surface area contributed by atoms with Crippen LogP contribution in [0.2, 0.25) is 0 Å². The fraction of sp³-hybridized carbons (Fsp3) is 0.684. The molecule has 1 aromatic carbocycles. The molecular weight excluding hydrogens is 290 g/mol. The molecule has 0 bridgehead atoms. The maximum Gasteiger partial charge on any atom is 0.126 e. The number of aliphatic hydroxyl groups is 1. The Labute approximate surface area is 140 Å². The van der Waals surface area contributed by atoms with Crippen molar-refractivity contribution in [2.75, 3.05) is 26.4 Å². The van der Waals surface area contributed by atoms with Crippen molar-refractivity contribution in [3.63, 3.8) is 0 Å². The van der Waals surface area contributed by atoms with Crippen LogP contribution in [0, 0.1) is 13.8 Å². The summed E-state index contributed by atoms with van der Waals surface area (Å²) < 4.78 is 11.2. The summed E-state index contributed by atoms with van der Waals surface area (Å²) in [6, 6.07) is 6.79. The van der Waals surface area contributed by atoms with Crippen LogP contribution in [0.5, 0.6) is 5.75 Å². The third kappa shape index (κ3) is 6.90. The molecule has 0 unspecified atom stereocenters. The third-order valence-corrected chi connectivity index (χ3v) is 4.68. The molecule has 0 amide bonds. The molecule has 1 saturated carbocycles. The van der Waals surface area contributed by atoms with Gasteiger partial charge in [-0.25, -0.2) is 0 Å². The maximum atomic E-state index is 9.97. The molecule has 1 fully saturated rings. The van der Waals surface area contributed by atoms with Crippen LogP contribution < -0.4 is 10.1 Å². The van der Waals surface area contributed by atoms with Gasteiger partial charge in [0.25, 0.3) is 0 Å². The van der Waals surface area contributed by atoms with E-state index >= 15 is 0 Å². The third-order valence-electron chi connectivity index (χ3n) is 4.68. The quantitative estimate of drug-likeness (QED) is 0.683. The fourth-order valence-corrected chi connectivity index (χ4v) is 3.03. The highest BCUT2D eigenvalue weighted by Crippen LogP contribution is 2.16. The van der Waals surface area contributed by atoms with Crippen LogP contribution in [0.3, 0.4) is 0 Å². The summed E-state index contributed by atoms with van der Waals surface area (Å²) in [6.45, 7) is 6.32.